The van der Waals surface area contributed by atoms with Crippen LogP contribution in [-0.4, -0.2) is 18.0 Å². The Kier molecular flexibility index (Phi) is 4.33. The Bertz CT molecular complexity index is 450. The van der Waals surface area contributed by atoms with Gasteiger partial charge >= 0.3 is 0 Å². The summed E-state index contributed by atoms with van der Waals surface area (Å²) in [6.07, 6.45) is 3.67. The van der Waals surface area contributed by atoms with Crippen LogP contribution in [0.5, 0.6) is 0 Å². The molecule has 18 heavy (non-hydrogen) atoms. The standard InChI is InChI=1S/C15H19FN2/c1-2-12-4-3-7-18(10-12)11-14-8-13(9-17)5-6-15(14)16/h5-6,8,12H,2-4,7,10-11H2,1H3. The molecule has 0 N–H and O–H groups in total. The summed E-state index contributed by atoms with van der Waals surface area (Å²) in [5.41, 5.74) is 1.18. The summed E-state index contributed by atoms with van der Waals surface area (Å²) in [6, 6.07) is 6.67. The molecule has 1 fully saturated rings. The lowest BCUT2D eigenvalue weighted by Crippen LogP contribution is -2.34. The van der Waals surface area contributed by atoms with Crippen LogP contribution in [0.3, 0.4) is 0 Å². The van der Waals surface area contributed by atoms with Gasteiger partial charge in [0, 0.05) is 18.7 Å². The molecule has 0 amide bonds. The van der Waals surface area contributed by atoms with Gasteiger partial charge < -0.3 is 0 Å². The molecule has 1 atom stereocenters. The zero-order valence-corrected chi connectivity index (χ0v) is 10.8. The van der Waals surface area contributed by atoms with Crippen molar-refractivity contribution in [1.29, 1.82) is 5.26 Å². The molecule has 1 saturated heterocycles. The zero-order chi connectivity index (χ0) is 13.0. The Balaban J connectivity index is 2.07. The van der Waals surface area contributed by atoms with Crippen molar-refractivity contribution in [3.8, 4) is 6.07 Å². The van der Waals surface area contributed by atoms with E-state index in [1.807, 2.05) is 0 Å². The highest BCUT2D eigenvalue weighted by Crippen LogP contribution is 2.22. The number of benzene rings is 1. The Morgan fingerprint density at radius 2 is 2.33 bits per heavy atom. The predicted molar refractivity (Wildman–Crippen MR) is 69.4 cm³/mol. The predicted octanol–water partition coefficient (Wildman–Crippen LogP) is 3.32. The van der Waals surface area contributed by atoms with Crippen LogP contribution >= 0.6 is 0 Å². The molecule has 1 aromatic rings. The summed E-state index contributed by atoms with van der Waals surface area (Å²) in [5.74, 6) is 0.536. The van der Waals surface area contributed by atoms with Crippen LogP contribution < -0.4 is 0 Å². The van der Waals surface area contributed by atoms with Gasteiger partial charge in [-0.15, -0.1) is 0 Å². The second-order valence-corrected chi connectivity index (χ2v) is 5.07. The van der Waals surface area contributed by atoms with Crippen molar-refractivity contribution in [3.05, 3.63) is 35.1 Å². The maximum atomic E-state index is 13.7. The van der Waals surface area contributed by atoms with Crippen LogP contribution in [0.1, 0.15) is 37.3 Å². The maximum absolute atomic E-state index is 13.7. The largest absolute Gasteiger partial charge is 0.299 e. The highest BCUT2D eigenvalue weighted by atomic mass is 19.1. The van der Waals surface area contributed by atoms with Gasteiger partial charge in [0.1, 0.15) is 5.82 Å². The summed E-state index contributed by atoms with van der Waals surface area (Å²) >= 11 is 0. The third-order valence-corrected chi connectivity index (χ3v) is 3.75. The van der Waals surface area contributed by atoms with Gasteiger partial charge in [-0.25, -0.2) is 4.39 Å². The van der Waals surface area contributed by atoms with E-state index in [-0.39, 0.29) is 5.82 Å². The van der Waals surface area contributed by atoms with E-state index in [1.54, 1.807) is 6.07 Å². The number of hydrogen-bond donors (Lipinski definition) is 0. The van der Waals surface area contributed by atoms with Crippen molar-refractivity contribution in [2.24, 2.45) is 5.92 Å². The van der Waals surface area contributed by atoms with E-state index in [0.29, 0.717) is 17.7 Å². The highest BCUT2D eigenvalue weighted by molar-refractivity contribution is 5.33. The lowest BCUT2D eigenvalue weighted by Gasteiger charge is -2.32. The van der Waals surface area contributed by atoms with E-state index in [2.05, 4.69) is 17.9 Å². The fourth-order valence-electron chi connectivity index (χ4n) is 2.63. The third kappa shape index (κ3) is 3.08. The van der Waals surface area contributed by atoms with Crippen LogP contribution in [0.15, 0.2) is 18.2 Å². The van der Waals surface area contributed by atoms with Crippen molar-refractivity contribution < 1.29 is 4.39 Å². The average molecular weight is 246 g/mol. The molecule has 0 bridgehead atoms. The molecule has 1 aromatic carbocycles. The summed E-state index contributed by atoms with van der Waals surface area (Å²) in [6.45, 7) is 4.92. The minimum Gasteiger partial charge on any atom is -0.299 e. The van der Waals surface area contributed by atoms with Gasteiger partial charge in [-0.05, 0) is 43.5 Å². The number of halogens is 1. The molecule has 1 heterocycles. The molecule has 1 unspecified atom stereocenters. The molecule has 1 aliphatic rings. The lowest BCUT2D eigenvalue weighted by atomic mass is 9.95. The van der Waals surface area contributed by atoms with Crippen molar-refractivity contribution in [2.75, 3.05) is 13.1 Å². The first-order chi connectivity index (χ1) is 8.72. The monoisotopic (exact) mass is 246 g/mol. The Hall–Kier alpha value is -1.40. The van der Waals surface area contributed by atoms with E-state index in [9.17, 15) is 4.39 Å². The molecule has 3 heteroatoms. The number of rotatable bonds is 3. The molecular weight excluding hydrogens is 227 g/mol. The number of nitriles is 1. The molecule has 2 nitrogen and oxygen atoms in total. The summed E-state index contributed by atoms with van der Waals surface area (Å²) < 4.78 is 13.7. The summed E-state index contributed by atoms with van der Waals surface area (Å²) in [4.78, 5) is 2.30. The molecule has 2 rings (SSSR count). The van der Waals surface area contributed by atoms with Gasteiger partial charge in [0.25, 0.3) is 0 Å². The van der Waals surface area contributed by atoms with Crippen LogP contribution in [0.25, 0.3) is 0 Å². The highest BCUT2D eigenvalue weighted by Gasteiger charge is 2.19. The van der Waals surface area contributed by atoms with Gasteiger partial charge in [0.15, 0.2) is 0 Å². The van der Waals surface area contributed by atoms with Gasteiger partial charge in [-0.1, -0.05) is 13.3 Å². The quantitative estimate of drug-likeness (QED) is 0.818. The molecule has 0 aliphatic carbocycles. The van der Waals surface area contributed by atoms with E-state index in [0.717, 1.165) is 19.0 Å². The average Bonchev–Trinajstić information content (AvgIpc) is 2.41. The summed E-state index contributed by atoms with van der Waals surface area (Å²) in [7, 11) is 0. The van der Waals surface area contributed by atoms with Gasteiger partial charge in [-0.3, -0.25) is 4.90 Å². The van der Waals surface area contributed by atoms with E-state index in [1.165, 1.54) is 31.4 Å². The SMILES string of the molecule is CCC1CCCN(Cc2cc(C#N)ccc2F)C1. The van der Waals surface area contributed by atoms with Crippen molar-refractivity contribution >= 4 is 0 Å². The van der Waals surface area contributed by atoms with Gasteiger partial charge in [-0.2, -0.15) is 5.26 Å². The van der Waals surface area contributed by atoms with Crippen molar-refractivity contribution in [2.45, 2.75) is 32.7 Å². The molecule has 0 saturated carbocycles. The first-order valence-electron chi connectivity index (χ1n) is 6.63. The Morgan fingerprint density at radius 1 is 1.50 bits per heavy atom. The fourth-order valence-corrected chi connectivity index (χ4v) is 2.63. The molecular formula is C15H19FN2. The summed E-state index contributed by atoms with van der Waals surface area (Å²) in [5, 5.41) is 8.85. The lowest BCUT2D eigenvalue weighted by molar-refractivity contribution is 0.163. The van der Waals surface area contributed by atoms with Crippen LogP contribution in [0, 0.1) is 23.1 Å². The molecule has 1 aliphatic heterocycles. The number of piperidine rings is 1. The normalized spacial score (nSPS) is 20.6. The third-order valence-electron chi connectivity index (χ3n) is 3.75. The fraction of sp³-hybridized carbons (Fsp3) is 0.533. The minimum absolute atomic E-state index is 0.201. The first kappa shape index (κ1) is 13.0. The van der Waals surface area contributed by atoms with E-state index < -0.39 is 0 Å². The zero-order valence-electron chi connectivity index (χ0n) is 10.8. The topological polar surface area (TPSA) is 27.0 Å². The second-order valence-electron chi connectivity index (χ2n) is 5.07. The van der Waals surface area contributed by atoms with Crippen LogP contribution in [0.2, 0.25) is 0 Å². The van der Waals surface area contributed by atoms with Crippen molar-refractivity contribution in [1.82, 2.24) is 4.90 Å². The number of nitrogens with zero attached hydrogens (tertiary/aromatic N) is 2. The van der Waals surface area contributed by atoms with Crippen LogP contribution in [-0.2, 0) is 6.54 Å². The second kappa shape index (κ2) is 5.97. The molecule has 0 radical (unpaired) electrons. The van der Waals surface area contributed by atoms with Gasteiger partial charge in [0.2, 0.25) is 0 Å². The number of hydrogen-bond acceptors (Lipinski definition) is 2. The van der Waals surface area contributed by atoms with Crippen molar-refractivity contribution in [3.63, 3.8) is 0 Å². The molecule has 0 spiro atoms. The van der Waals surface area contributed by atoms with E-state index in [4.69, 9.17) is 5.26 Å². The molecule has 0 aromatic heterocycles. The van der Waals surface area contributed by atoms with Gasteiger partial charge in [0.05, 0.1) is 11.6 Å². The Labute approximate surface area is 108 Å². The first-order valence-corrected chi connectivity index (χ1v) is 6.63. The van der Waals surface area contributed by atoms with Crippen LogP contribution in [0.4, 0.5) is 4.39 Å². The number of likely N-dealkylation sites (tertiary alicyclic amines) is 1. The maximum Gasteiger partial charge on any atom is 0.127 e. The minimum atomic E-state index is -0.201. The Morgan fingerprint density at radius 3 is 3.06 bits per heavy atom. The smallest absolute Gasteiger partial charge is 0.127 e. The molecule has 96 valence electrons. The van der Waals surface area contributed by atoms with E-state index >= 15 is 0 Å².